The Bertz CT molecular complexity index is 282. The summed E-state index contributed by atoms with van der Waals surface area (Å²) in [7, 11) is 1.98. The van der Waals surface area contributed by atoms with E-state index in [-0.39, 0.29) is 5.84 Å². The predicted octanol–water partition coefficient (Wildman–Crippen LogP) is 1.10. The summed E-state index contributed by atoms with van der Waals surface area (Å²) in [6.45, 7) is 1.48. The third-order valence-corrected chi connectivity index (χ3v) is 2.07. The molecule has 3 N–H and O–H groups in total. The number of nitrogens with one attached hydrogen (secondary N) is 1. The van der Waals surface area contributed by atoms with Crippen molar-refractivity contribution in [3.8, 4) is 0 Å². The predicted molar refractivity (Wildman–Crippen MR) is 59.6 cm³/mol. The van der Waals surface area contributed by atoms with Crippen LogP contribution in [0.25, 0.3) is 0 Å². The van der Waals surface area contributed by atoms with E-state index in [0.29, 0.717) is 6.54 Å². The van der Waals surface area contributed by atoms with Crippen LogP contribution in [0.15, 0.2) is 30.3 Å². The molecule has 0 radical (unpaired) electrons. The summed E-state index contributed by atoms with van der Waals surface area (Å²) in [6.07, 6.45) is 1.00. The molecule has 0 unspecified atom stereocenters. The van der Waals surface area contributed by atoms with Gasteiger partial charge in [-0.2, -0.15) is 0 Å². The second-order valence-electron chi connectivity index (χ2n) is 3.50. The van der Waals surface area contributed by atoms with E-state index in [1.54, 1.807) is 0 Å². The molecule has 1 aromatic carbocycles. The summed E-state index contributed by atoms with van der Waals surface area (Å²) in [6, 6.07) is 10.3. The number of nitrogens with two attached hydrogens (primary N) is 1. The van der Waals surface area contributed by atoms with Gasteiger partial charge in [-0.3, -0.25) is 10.3 Å². The Morgan fingerprint density at radius 1 is 1.36 bits per heavy atom. The van der Waals surface area contributed by atoms with Crippen LogP contribution in [0, 0.1) is 5.41 Å². The van der Waals surface area contributed by atoms with Gasteiger partial charge in [0.25, 0.3) is 0 Å². The summed E-state index contributed by atoms with van der Waals surface area (Å²) in [5.74, 6) is 0.223. The Hall–Kier alpha value is -1.35. The van der Waals surface area contributed by atoms with Crippen LogP contribution >= 0.6 is 0 Å². The third-order valence-electron chi connectivity index (χ3n) is 2.07. The van der Waals surface area contributed by atoms with Crippen molar-refractivity contribution < 1.29 is 0 Å². The second kappa shape index (κ2) is 5.40. The van der Waals surface area contributed by atoms with Gasteiger partial charge in [-0.25, -0.2) is 0 Å². The van der Waals surface area contributed by atoms with E-state index in [2.05, 4.69) is 17.0 Å². The molecule has 1 rings (SSSR count). The molecule has 0 amide bonds. The van der Waals surface area contributed by atoms with Crippen molar-refractivity contribution in [1.29, 1.82) is 5.41 Å². The molecule has 0 aliphatic heterocycles. The average molecular weight is 191 g/mol. The highest BCUT2D eigenvalue weighted by Crippen LogP contribution is 2.00. The van der Waals surface area contributed by atoms with Crippen molar-refractivity contribution in [2.24, 2.45) is 5.73 Å². The van der Waals surface area contributed by atoms with Crippen LogP contribution in [0.3, 0.4) is 0 Å². The van der Waals surface area contributed by atoms with E-state index in [1.165, 1.54) is 5.56 Å². The van der Waals surface area contributed by atoms with Crippen molar-refractivity contribution in [1.82, 2.24) is 4.90 Å². The topological polar surface area (TPSA) is 53.1 Å². The fraction of sp³-hybridized carbons (Fsp3) is 0.364. The summed E-state index contributed by atoms with van der Waals surface area (Å²) < 4.78 is 0. The zero-order valence-corrected chi connectivity index (χ0v) is 8.53. The molecule has 76 valence electrons. The molecule has 0 fully saturated rings. The number of likely N-dealkylation sites (N-methyl/N-ethyl adjacent to an activating group) is 1. The fourth-order valence-corrected chi connectivity index (χ4v) is 1.33. The highest BCUT2D eigenvalue weighted by Gasteiger charge is 1.99. The molecule has 0 aromatic heterocycles. The van der Waals surface area contributed by atoms with Crippen LogP contribution in [0.5, 0.6) is 0 Å². The van der Waals surface area contributed by atoms with Crippen molar-refractivity contribution >= 4 is 5.84 Å². The zero-order chi connectivity index (χ0) is 10.4. The number of hydrogen-bond donors (Lipinski definition) is 2. The zero-order valence-electron chi connectivity index (χ0n) is 8.53. The molecule has 0 bridgehead atoms. The van der Waals surface area contributed by atoms with Crippen LogP contribution in [0.1, 0.15) is 5.56 Å². The largest absolute Gasteiger partial charge is 0.387 e. The van der Waals surface area contributed by atoms with Gasteiger partial charge in [0.15, 0.2) is 0 Å². The molecular formula is C11H17N3. The van der Waals surface area contributed by atoms with Gasteiger partial charge in [0.05, 0.1) is 6.54 Å². The van der Waals surface area contributed by atoms with Crippen LogP contribution in [0.4, 0.5) is 0 Å². The molecule has 14 heavy (non-hydrogen) atoms. The SMILES string of the molecule is CN(CCc1ccccc1)CC(=N)N. The first-order valence-electron chi connectivity index (χ1n) is 4.74. The molecule has 0 saturated carbocycles. The lowest BCUT2D eigenvalue weighted by Gasteiger charge is -2.15. The Morgan fingerprint density at radius 3 is 2.57 bits per heavy atom. The van der Waals surface area contributed by atoms with Crippen LogP contribution < -0.4 is 5.73 Å². The molecule has 0 spiro atoms. The first-order valence-corrected chi connectivity index (χ1v) is 4.74. The standard InChI is InChI=1S/C11H17N3/c1-14(9-11(12)13)8-7-10-5-3-2-4-6-10/h2-6H,7-9H2,1H3,(H3,12,13). The molecule has 1 aromatic rings. The highest BCUT2D eigenvalue weighted by molar-refractivity contribution is 5.78. The average Bonchev–Trinajstić information content (AvgIpc) is 2.15. The number of benzene rings is 1. The molecule has 0 aliphatic carbocycles. The smallest absolute Gasteiger partial charge is 0.105 e. The van der Waals surface area contributed by atoms with E-state index in [9.17, 15) is 0 Å². The number of amidine groups is 1. The van der Waals surface area contributed by atoms with E-state index >= 15 is 0 Å². The van der Waals surface area contributed by atoms with Gasteiger partial charge in [0.1, 0.15) is 5.84 Å². The lowest BCUT2D eigenvalue weighted by molar-refractivity contribution is 0.384. The number of nitrogens with zero attached hydrogens (tertiary/aromatic N) is 1. The molecule has 3 nitrogen and oxygen atoms in total. The Labute approximate surface area is 85.0 Å². The van der Waals surface area contributed by atoms with E-state index in [0.717, 1.165) is 13.0 Å². The quantitative estimate of drug-likeness (QED) is 0.541. The van der Waals surface area contributed by atoms with Crippen molar-refractivity contribution in [2.75, 3.05) is 20.1 Å². The lowest BCUT2D eigenvalue weighted by atomic mass is 10.1. The van der Waals surface area contributed by atoms with Crippen molar-refractivity contribution in [2.45, 2.75) is 6.42 Å². The second-order valence-corrected chi connectivity index (χ2v) is 3.50. The van der Waals surface area contributed by atoms with Crippen LogP contribution in [-0.2, 0) is 6.42 Å². The maximum absolute atomic E-state index is 7.14. The van der Waals surface area contributed by atoms with Crippen molar-refractivity contribution in [3.05, 3.63) is 35.9 Å². The minimum absolute atomic E-state index is 0.223. The summed E-state index contributed by atoms with van der Waals surface area (Å²) in [5, 5.41) is 7.14. The molecule has 0 aliphatic rings. The Kier molecular flexibility index (Phi) is 4.13. The highest BCUT2D eigenvalue weighted by atomic mass is 15.1. The van der Waals surface area contributed by atoms with Gasteiger partial charge in [0.2, 0.25) is 0 Å². The van der Waals surface area contributed by atoms with Gasteiger partial charge < -0.3 is 5.73 Å². The van der Waals surface area contributed by atoms with E-state index in [4.69, 9.17) is 11.1 Å². The van der Waals surface area contributed by atoms with Gasteiger partial charge in [-0.05, 0) is 19.0 Å². The van der Waals surface area contributed by atoms with Gasteiger partial charge >= 0.3 is 0 Å². The van der Waals surface area contributed by atoms with Crippen LogP contribution in [-0.4, -0.2) is 30.9 Å². The summed E-state index contributed by atoms with van der Waals surface area (Å²) in [4.78, 5) is 2.05. The summed E-state index contributed by atoms with van der Waals surface area (Å²) >= 11 is 0. The molecule has 0 heterocycles. The molecule has 3 heteroatoms. The lowest BCUT2D eigenvalue weighted by Crippen LogP contribution is -2.31. The number of hydrogen-bond acceptors (Lipinski definition) is 2. The molecular weight excluding hydrogens is 174 g/mol. The number of rotatable bonds is 5. The minimum Gasteiger partial charge on any atom is -0.387 e. The molecule has 0 saturated heterocycles. The van der Waals surface area contributed by atoms with Crippen molar-refractivity contribution in [3.63, 3.8) is 0 Å². The van der Waals surface area contributed by atoms with Gasteiger partial charge in [-0.1, -0.05) is 30.3 Å². The monoisotopic (exact) mass is 191 g/mol. The first kappa shape index (κ1) is 10.7. The maximum atomic E-state index is 7.14. The Morgan fingerprint density at radius 2 is 2.00 bits per heavy atom. The normalized spacial score (nSPS) is 10.4. The van der Waals surface area contributed by atoms with Crippen LogP contribution in [0.2, 0.25) is 0 Å². The van der Waals surface area contributed by atoms with E-state index < -0.39 is 0 Å². The van der Waals surface area contributed by atoms with Gasteiger partial charge in [0, 0.05) is 6.54 Å². The van der Waals surface area contributed by atoms with Gasteiger partial charge in [-0.15, -0.1) is 0 Å². The first-order chi connectivity index (χ1) is 6.68. The Balaban J connectivity index is 2.30. The fourth-order valence-electron chi connectivity index (χ4n) is 1.33. The third kappa shape index (κ3) is 4.05. The molecule has 0 atom stereocenters. The van der Waals surface area contributed by atoms with E-state index in [1.807, 2.05) is 25.2 Å². The maximum Gasteiger partial charge on any atom is 0.105 e. The summed E-state index contributed by atoms with van der Waals surface area (Å²) in [5.41, 5.74) is 6.63. The minimum atomic E-state index is 0.223.